The van der Waals surface area contributed by atoms with Gasteiger partial charge in [0.25, 0.3) is 0 Å². The second-order valence-corrected chi connectivity index (χ2v) is 6.63. The molecule has 2 nitrogen and oxygen atoms in total. The Morgan fingerprint density at radius 3 is 2.50 bits per heavy atom. The molecular formula is C12H19O2PS. The van der Waals surface area contributed by atoms with Crippen LogP contribution < -0.4 is 0 Å². The second kappa shape index (κ2) is 8.08. The molecule has 0 N–H and O–H groups in total. The molecule has 16 heavy (non-hydrogen) atoms. The highest BCUT2D eigenvalue weighted by Gasteiger charge is 1.96. The van der Waals surface area contributed by atoms with Gasteiger partial charge in [-0.2, -0.15) is 11.8 Å². The fraction of sp³-hybridized carbons (Fsp3) is 0.500. The normalized spacial score (nSPS) is 11.0. The maximum atomic E-state index is 5.06. The van der Waals surface area contributed by atoms with E-state index in [0.29, 0.717) is 6.61 Å². The average Bonchev–Trinajstić information content (AvgIpc) is 2.25. The van der Waals surface area contributed by atoms with Gasteiger partial charge >= 0.3 is 0 Å². The molecule has 0 radical (unpaired) electrons. The zero-order valence-electron chi connectivity index (χ0n) is 10.1. The van der Waals surface area contributed by atoms with Crippen LogP contribution in [0, 0.1) is 6.92 Å². The fourth-order valence-electron chi connectivity index (χ4n) is 1.11. The second-order valence-electron chi connectivity index (χ2n) is 3.75. The summed E-state index contributed by atoms with van der Waals surface area (Å²) in [5.41, 5.74) is 2.68. The third-order valence-electron chi connectivity index (χ3n) is 1.90. The summed E-state index contributed by atoms with van der Waals surface area (Å²) in [6, 6.07) is 8.65. The predicted octanol–water partition coefficient (Wildman–Crippen LogP) is 3.83. The highest BCUT2D eigenvalue weighted by Crippen LogP contribution is 2.25. The molecule has 0 saturated heterocycles. The number of thioether (sulfide) groups is 1. The van der Waals surface area contributed by atoms with Gasteiger partial charge in [0, 0.05) is 11.5 Å². The molecule has 0 bridgehead atoms. The Morgan fingerprint density at radius 2 is 1.88 bits per heavy atom. The minimum atomic E-state index is -0.400. The molecule has 0 aliphatic rings. The van der Waals surface area contributed by atoms with Crippen molar-refractivity contribution in [2.24, 2.45) is 0 Å². The average molecular weight is 258 g/mol. The summed E-state index contributed by atoms with van der Waals surface area (Å²) in [6.45, 7) is 6.82. The molecule has 0 spiro atoms. The number of aryl methyl sites for hydroxylation is 1. The van der Waals surface area contributed by atoms with Gasteiger partial charge in [-0.15, -0.1) is 0 Å². The minimum Gasteiger partial charge on any atom is -0.233 e. The van der Waals surface area contributed by atoms with Crippen LogP contribution in [0.15, 0.2) is 24.3 Å². The lowest BCUT2D eigenvalue weighted by Gasteiger charge is -2.06. The van der Waals surface area contributed by atoms with Gasteiger partial charge in [-0.05, 0) is 25.8 Å². The van der Waals surface area contributed by atoms with Gasteiger partial charge < -0.3 is 0 Å². The first-order valence-electron chi connectivity index (χ1n) is 5.28. The number of hydrogen-bond donors (Lipinski definition) is 0. The van der Waals surface area contributed by atoms with Crippen molar-refractivity contribution in [1.82, 2.24) is 0 Å². The molecule has 0 aromatic heterocycles. The largest absolute Gasteiger partial charge is 0.233 e. The topological polar surface area (TPSA) is 18.5 Å². The van der Waals surface area contributed by atoms with Crippen LogP contribution in [-0.2, 0) is 15.3 Å². The van der Waals surface area contributed by atoms with Gasteiger partial charge in [-0.1, -0.05) is 29.8 Å². The van der Waals surface area contributed by atoms with Gasteiger partial charge in [0.05, 0.1) is 14.8 Å². The third kappa shape index (κ3) is 6.49. The summed E-state index contributed by atoms with van der Waals surface area (Å²) >= 11 is 1.87. The molecular weight excluding hydrogens is 239 g/mol. The van der Waals surface area contributed by atoms with Gasteiger partial charge in [-0.3, -0.25) is 0 Å². The molecule has 90 valence electrons. The van der Waals surface area contributed by atoms with Crippen molar-refractivity contribution in [2.75, 3.05) is 25.7 Å². The van der Waals surface area contributed by atoms with Crippen molar-refractivity contribution < 1.29 is 9.56 Å². The first-order valence-corrected chi connectivity index (χ1v) is 8.59. The van der Waals surface area contributed by atoms with E-state index in [-0.39, 0.29) is 0 Å². The molecule has 0 saturated carbocycles. The van der Waals surface area contributed by atoms with Gasteiger partial charge in [0.2, 0.25) is 0 Å². The molecule has 0 aliphatic carbocycles. The van der Waals surface area contributed by atoms with Crippen molar-refractivity contribution in [3.05, 3.63) is 35.4 Å². The maximum absolute atomic E-state index is 5.06. The summed E-state index contributed by atoms with van der Waals surface area (Å²) in [6.07, 6.45) is 0. The Balaban J connectivity index is 2.05. The SMILES string of the molecule is Cc1ccc(CSCCOOP(C)C)cc1. The monoisotopic (exact) mass is 258 g/mol. The first-order chi connectivity index (χ1) is 7.68. The van der Waals surface area contributed by atoms with Crippen LogP contribution in [0.25, 0.3) is 0 Å². The Labute approximate surface area is 103 Å². The smallest absolute Gasteiger partial charge is 0.0916 e. The van der Waals surface area contributed by atoms with Crippen molar-refractivity contribution in [1.29, 1.82) is 0 Å². The molecule has 1 aromatic carbocycles. The van der Waals surface area contributed by atoms with E-state index in [1.54, 1.807) is 0 Å². The Hall–Kier alpha value is -0.0800. The fourth-order valence-corrected chi connectivity index (χ4v) is 2.15. The zero-order valence-corrected chi connectivity index (χ0v) is 11.8. The molecule has 1 aromatic rings. The Kier molecular flexibility index (Phi) is 7.06. The lowest BCUT2D eigenvalue weighted by atomic mass is 10.2. The minimum absolute atomic E-state index is 0.400. The summed E-state index contributed by atoms with van der Waals surface area (Å²) in [5, 5.41) is 0. The summed E-state index contributed by atoms with van der Waals surface area (Å²) in [7, 11) is -0.400. The molecule has 1 rings (SSSR count). The van der Waals surface area contributed by atoms with Gasteiger partial charge in [0.1, 0.15) is 0 Å². The molecule has 0 unspecified atom stereocenters. The molecule has 0 amide bonds. The van der Waals surface area contributed by atoms with E-state index >= 15 is 0 Å². The molecule has 0 aliphatic heterocycles. The molecule has 0 atom stereocenters. The molecule has 0 fully saturated rings. The lowest BCUT2D eigenvalue weighted by Crippen LogP contribution is -1.96. The van der Waals surface area contributed by atoms with Crippen LogP contribution in [-0.4, -0.2) is 25.7 Å². The van der Waals surface area contributed by atoms with E-state index in [0.717, 1.165) is 11.5 Å². The van der Waals surface area contributed by atoms with Crippen molar-refractivity contribution in [3.63, 3.8) is 0 Å². The maximum Gasteiger partial charge on any atom is 0.0916 e. The van der Waals surface area contributed by atoms with Gasteiger partial charge in [-0.25, -0.2) is 9.56 Å². The van der Waals surface area contributed by atoms with E-state index in [1.807, 2.05) is 25.1 Å². The summed E-state index contributed by atoms with van der Waals surface area (Å²) in [4.78, 5) is 5.06. The molecule has 0 heterocycles. The first kappa shape index (κ1) is 14.0. The Bertz CT molecular complexity index is 288. The van der Waals surface area contributed by atoms with E-state index in [9.17, 15) is 0 Å². The summed E-state index contributed by atoms with van der Waals surface area (Å²) in [5.74, 6) is 2.01. The van der Waals surface area contributed by atoms with E-state index in [2.05, 4.69) is 31.2 Å². The third-order valence-corrected chi connectivity index (χ3v) is 3.30. The number of hydrogen-bond acceptors (Lipinski definition) is 3. The van der Waals surface area contributed by atoms with Crippen molar-refractivity contribution in [2.45, 2.75) is 12.7 Å². The van der Waals surface area contributed by atoms with Gasteiger partial charge in [0.15, 0.2) is 0 Å². The van der Waals surface area contributed by atoms with Crippen LogP contribution in [0.3, 0.4) is 0 Å². The van der Waals surface area contributed by atoms with E-state index in [4.69, 9.17) is 9.56 Å². The van der Waals surface area contributed by atoms with Crippen LogP contribution in [0.1, 0.15) is 11.1 Å². The quantitative estimate of drug-likeness (QED) is 0.320. The van der Waals surface area contributed by atoms with E-state index in [1.165, 1.54) is 11.1 Å². The predicted molar refractivity (Wildman–Crippen MR) is 73.1 cm³/mol. The van der Waals surface area contributed by atoms with Crippen molar-refractivity contribution >= 4 is 19.9 Å². The number of benzene rings is 1. The Morgan fingerprint density at radius 1 is 1.19 bits per heavy atom. The van der Waals surface area contributed by atoms with Crippen LogP contribution in [0.5, 0.6) is 0 Å². The molecule has 4 heteroatoms. The van der Waals surface area contributed by atoms with Crippen molar-refractivity contribution in [3.8, 4) is 0 Å². The van der Waals surface area contributed by atoms with E-state index < -0.39 is 8.15 Å². The highest BCUT2D eigenvalue weighted by atomic mass is 32.2. The van der Waals surface area contributed by atoms with Crippen LogP contribution >= 0.6 is 19.9 Å². The summed E-state index contributed by atoms with van der Waals surface area (Å²) < 4.78 is 5.06. The zero-order chi connectivity index (χ0) is 11.8. The highest BCUT2D eigenvalue weighted by molar-refractivity contribution is 7.98. The number of rotatable bonds is 7. The van der Waals surface area contributed by atoms with Crippen LogP contribution in [0.2, 0.25) is 0 Å². The standard InChI is InChI=1S/C12H19O2PS/c1-11-4-6-12(7-5-11)10-16-9-8-13-14-15(2)3/h4-7H,8-10H2,1-3H3. The van der Waals surface area contributed by atoms with Crippen LogP contribution in [0.4, 0.5) is 0 Å². The lowest BCUT2D eigenvalue weighted by molar-refractivity contribution is -0.192.